The van der Waals surface area contributed by atoms with E-state index < -0.39 is 5.09 Å². The monoisotopic (exact) mass is 221 g/mol. The van der Waals surface area contributed by atoms with Crippen molar-refractivity contribution in [1.29, 1.82) is 0 Å². The normalized spacial score (nSPS) is 4.00. The molecule has 0 unspecified atom stereocenters. The Bertz CT molecular complexity index is 30.5. The van der Waals surface area contributed by atoms with Crippen LogP contribution in [0.5, 0.6) is 0 Å². The average molecular weight is 220 g/mol. The molecule has 0 spiro atoms. The van der Waals surface area contributed by atoms with Gasteiger partial charge in [-0.15, -0.1) is 10.1 Å². The Morgan fingerprint density at radius 2 is 1.67 bits per heavy atom. The summed E-state index contributed by atoms with van der Waals surface area (Å²) >= 11 is 0. The zero-order valence-electron chi connectivity index (χ0n) is 2.21. The van der Waals surface area contributed by atoms with Crippen molar-refractivity contribution in [2.45, 2.75) is 0 Å². The second-order valence-corrected chi connectivity index (χ2v) is 0.238. The second kappa shape index (κ2) is 9.22. The van der Waals surface area contributed by atoms with Crippen LogP contribution in [0, 0.1) is 10.1 Å². The number of hydrogen-bond acceptors (Lipinski definition) is 2. The predicted octanol–water partition coefficient (Wildman–Crippen LogP) is -2.09. The third kappa shape index (κ3) is 123. The fourth-order valence-corrected chi connectivity index (χ4v) is 0. The predicted molar refractivity (Wildman–Crippen MR) is 20.9 cm³/mol. The molecule has 0 aromatic rings. The standard InChI is InChI=1S/Ba.HNO3.H2O.2H/c;2-1(3)4;;;/h;(H,2,3,4);1H2;;. The third-order valence-electron chi connectivity index (χ3n) is 0. The summed E-state index contributed by atoms with van der Waals surface area (Å²) in [6.45, 7) is 0. The van der Waals surface area contributed by atoms with Gasteiger partial charge in [0.15, 0.2) is 0 Å². The van der Waals surface area contributed by atoms with Crippen LogP contribution in [0.3, 0.4) is 0 Å². The first-order valence-electron chi connectivity index (χ1n) is 0.565. The minimum atomic E-state index is -1.50. The van der Waals surface area contributed by atoms with Crippen molar-refractivity contribution < 1.29 is 15.8 Å². The van der Waals surface area contributed by atoms with Gasteiger partial charge in [-0.1, -0.05) is 0 Å². The van der Waals surface area contributed by atoms with Gasteiger partial charge in [-0.25, -0.2) is 0 Å². The van der Waals surface area contributed by atoms with E-state index in [0.717, 1.165) is 0 Å². The van der Waals surface area contributed by atoms with Gasteiger partial charge in [-0.05, 0) is 0 Å². The van der Waals surface area contributed by atoms with E-state index in [4.69, 9.17) is 15.3 Å². The molecule has 6 heteroatoms. The Balaban J connectivity index is -0.0000000450. The van der Waals surface area contributed by atoms with Crippen molar-refractivity contribution in [3.63, 3.8) is 0 Å². The van der Waals surface area contributed by atoms with Crippen molar-refractivity contribution >= 4 is 48.9 Å². The Morgan fingerprint density at radius 1 is 1.67 bits per heavy atom. The Kier molecular flexibility index (Phi) is 24.4. The Morgan fingerprint density at radius 3 is 1.67 bits per heavy atom. The molecule has 0 aliphatic rings. The molecule has 0 aliphatic heterocycles. The van der Waals surface area contributed by atoms with Gasteiger partial charge in [0, 0.05) is 0 Å². The molecule has 0 saturated carbocycles. The summed E-state index contributed by atoms with van der Waals surface area (Å²) < 4.78 is 0. The maximum absolute atomic E-state index is 8.36. The second-order valence-electron chi connectivity index (χ2n) is 0.238. The van der Waals surface area contributed by atoms with Gasteiger partial charge in [0.25, 0.3) is 5.09 Å². The van der Waals surface area contributed by atoms with Crippen LogP contribution in [-0.4, -0.2) is 64.7 Å². The van der Waals surface area contributed by atoms with Gasteiger partial charge in [-0.3, -0.25) is 0 Å². The van der Waals surface area contributed by atoms with Crippen molar-refractivity contribution in [3.05, 3.63) is 10.1 Å². The molecule has 0 bridgehead atoms. The molecule has 0 aromatic heterocycles. The van der Waals surface area contributed by atoms with Crippen LogP contribution in [0.1, 0.15) is 0 Å². The average Bonchev–Trinajstić information content (AvgIpc) is 0.811. The molecule has 5 nitrogen and oxygen atoms in total. The number of hydrogen-bond donors (Lipinski definition) is 1. The maximum atomic E-state index is 8.36. The first-order valence-corrected chi connectivity index (χ1v) is 0.565. The summed E-state index contributed by atoms with van der Waals surface area (Å²) in [5.41, 5.74) is 0. The van der Waals surface area contributed by atoms with Crippen LogP contribution in [-0.2, 0) is 0 Å². The molecule has 3 N–H and O–H groups in total. The molecule has 0 rings (SSSR count). The van der Waals surface area contributed by atoms with E-state index in [0.29, 0.717) is 0 Å². The summed E-state index contributed by atoms with van der Waals surface area (Å²) in [5, 5.41) is 13.6. The van der Waals surface area contributed by atoms with Crippen LogP contribution in [0.15, 0.2) is 0 Å². The quantitative estimate of drug-likeness (QED) is 0.288. The SMILES string of the molecule is O.O=[N+]([O-])O.[BaH2]. The van der Waals surface area contributed by atoms with E-state index in [1.807, 2.05) is 0 Å². The van der Waals surface area contributed by atoms with Crippen LogP contribution >= 0.6 is 0 Å². The number of nitrogens with zero attached hydrogens (tertiary/aromatic N) is 1. The summed E-state index contributed by atoms with van der Waals surface area (Å²) in [5.74, 6) is 0. The number of rotatable bonds is 0. The molecule has 0 aromatic carbocycles. The molecule has 0 saturated heterocycles. The Labute approximate surface area is 73.8 Å². The molecule has 0 aliphatic carbocycles. The molecule has 0 amide bonds. The van der Waals surface area contributed by atoms with E-state index in [-0.39, 0.29) is 54.4 Å². The van der Waals surface area contributed by atoms with E-state index in [9.17, 15) is 0 Å². The van der Waals surface area contributed by atoms with Crippen LogP contribution in [0.4, 0.5) is 0 Å². The first-order chi connectivity index (χ1) is 1.73. The van der Waals surface area contributed by atoms with Gasteiger partial charge >= 0.3 is 48.9 Å². The van der Waals surface area contributed by atoms with E-state index in [2.05, 4.69) is 0 Å². The first kappa shape index (κ1) is 15.9. The van der Waals surface area contributed by atoms with Crippen molar-refractivity contribution in [2.24, 2.45) is 0 Å². The molecular formula is H5BaNO4. The molecule has 0 heterocycles. The van der Waals surface area contributed by atoms with Crippen LogP contribution in [0.2, 0.25) is 0 Å². The van der Waals surface area contributed by atoms with Crippen molar-refractivity contribution in [1.82, 2.24) is 0 Å². The summed E-state index contributed by atoms with van der Waals surface area (Å²) in [4.78, 5) is 8.36. The molecule has 36 valence electrons. The summed E-state index contributed by atoms with van der Waals surface area (Å²) in [7, 11) is 0. The van der Waals surface area contributed by atoms with Gasteiger partial charge in [0.1, 0.15) is 0 Å². The van der Waals surface area contributed by atoms with Gasteiger partial charge in [-0.2, -0.15) is 0 Å². The van der Waals surface area contributed by atoms with E-state index in [1.165, 1.54) is 0 Å². The summed E-state index contributed by atoms with van der Waals surface area (Å²) in [6, 6.07) is 0. The van der Waals surface area contributed by atoms with Crippen molar-refractivity contribution in [2.75, 3.05) is 0 Å². The van der Waals surface area contributed by atoms with Gasteiger partial charge in [0.05, 0.1) is 0 Å². The molecule has 0 atom stereocenters. The van der Waals surface area contributed by atoms with Gasteiger partial charge < -0.3 is 10.7 Å². The Hall–Kier alpha value is 0.731. The van der Waals surface area contributed by atoms with Crippen molar-refractivity contribution in [3.8, 4) is 0 Å². The fraction of sp³-hybridized carbons (Fsp3) is 0. The zero-order valence-corrected chi connectivity index (χ0v) is 2.21. The molecule has 0 radical (unpaired) electrons. The van der Waals surface area contributed by atoms with Crippen LogP contribution < -0.4 is 0 Å². The van der Waals surface area contributed by atoms with E-state index >= 15 is 0 Å². The topological polar surface area (TPSA) is 94.9 Å². The molecule has 6 heavy (non-hydrogen) atoms. The molecule has 0 fully saturated rings. The minimum absolute atomic E-state index is 0. The third-order valence-corrected chi connectivity index (χ3v) is 0. The van der Waals surface area contributed by atoms with Gasteiger partial charge in [0.2, 0.25) is 0 Å². The summed E-state index contributed by atoms with van der Waals surface area (Å²) in [6.07, 6.45) is 0. The zero-order chi connectivity index (χ0) is 3.58. The fourth-order valence-electron chi connectivity index (χ4n) is 0. The van der Waals surface area contributed by atoms with Crippen LogP contribution in [0.25, 0.3) is 0 Å². The molecular weight excluding hydrogens is 215 g/mol. The van der Waals surface area contributed by atoms with E-state index in [1.54, 1.807) is 0 Å².